The lowest BCUT2D eigenvalue weighted by molar-refractivity contribution is -0.136. The molecule has 0 aliphatic heterocycles. The van der Waals surface area contributed by atoms with Crippen molar-refractivity contribution in [1.82, 2.24) is 4.98 Å². The molecule has 2 aromatic rings. The smallest absolute Gasteiger partial charge is 0.324 e. The second-order valence-electron chi connectivity index (χ2n) is 4.34. The molecule has 2 nitrogen and oxygen atoms in total. The van der Waals surface area contributed by atoms with Crippen LogP contribution in [0.15, 0.2) is 24.3 Å². The van der Waals surface area contributed by atoms with Crippen LogP contribution in [0.3, 0.4) is 0 Å². The molecule has 1 aromatic carbocycles. The van der Waals surface area contributed by atoms with Crippen LogP contribution in [0, 0.1) is 6.92 Å². The van der Waals surface area contributed by atoms with Crippen molar-refractivity contribution in [1.29, 1.82) is 0 Å². The lowest BCUT2D eigenvalue weighted by Crippen LogP contribution is -2.12. The molecule has 1 heterocycles. The van der Waals surface area contributed by atoms with Gasteiger partial charge in [-0.1, -0.05) is 6.07 Å². The monoisotopic (exact) mass is 254 g/mol. The Morgan fingerprint density at radius 2 is 1.94 bits per heavy atom. The molecule has 0 spiro atoms. The number of nitrogens with two attached hydrogens (primary N) is 1. The molecule has 5 heteroatoms. The topological polar surface area (TPSA) is 38.9 Å². The van der Waals surface area contributed by atoms with E-state index in [1.54, 1.807) is 26.0 Å². The second kappa shape index (κ2) is 4.24. The third-order valence-electron chi connectivity index (χ3n) is 2.79. The number of pyridine rings is 1. The Hall–Kier alpha value is -1.62. The van der Waals surface area contributed by atoms with Crippen LogP contribution in [0.1, 0.15) is 29.8 Å². The number of hydrogen-bond donors (Lipinski definition) is 1. The van der Waals surface area contributed by atoms with Crippen LogP contribution in [0.4, 0.5) is 13.2 Å². The SMILES string of the molecule is Cc1cc(C(C)N)c2c(C(F)(F)F)cccc2n1. The summed E-state index contributed by atoms with van der Waals surface area (Å²) in [4.78, 5) is 4.14. The number of benzene rings is 1. The van der Waals surface area contributed by atoms with Crippen LogP contribution in [0.5, 0.6) is 0 Å². The van der Waals surface area contributed by atoms with Gasteiger partial charge in [-0.2, -0.15) is 13.2 Å². The number of halogens is 3. The van der Waals surface area contributed by atoms with Crippen LogP contribution in [-0.4, -0.2) is 4.98 Å². The van der Waals surface area contributed by atoms with Crippen LogP contribution in [0.2, 0.25) is 0 Å². The van der Waals surface area contributed by atoms with Gasteiger partial charge in [-0.05, 0) is 37.6 Å². The van der Waals surface area contributed by atoms with Gasteiger partial charge in [0, 0.05) is 17.1 Å². The van der Waals surface area contributed by atoms with Gasteiger partial charge in [0.25, 0.3) is 0 Å². The fourth-order valence-electron chi connectivity index (χ4n) is 2.05. The summed E-state index contributed by atoms with van der Waals surface area (Å²) in [6.45, 7) is 3.41. The molecule has 2 rings (SSSR count). The summed E-state index contributed by atoms with van der Waals surface area (Å²) in [6, 6.07) is 5.14. The Morgan fingerprint density at radius 3 is 2.50 bits per heavy atom. The number of aromatic nitrogens is 1. The molecule has 96 valence electrons. The minimum atomic E-state index is -4.40. The van der Waals surface area contributed by atoms with E-state index in [-0.39, 0.29) is 5.39 Å². The van der Waals surface area contributed by atoms with Gasteiger partial charge in [0.2, 0.25) is 0 Å². The first-order chi connectivity index (χ1) is 8.30. The van der Waals surface area contributed by atoms with E-state index in [4.69, 9.17) is 5.73 Å². The Labute approximate surface area is 103 Å². The van der Waals surface area contributed by atoms with E-state index in [0.29, 0.717) is 16.8 Å². The van der Waals surface area contributed by atoms with Gasteiger partial charge in [0.1, 0.15) is 0 Å². The number of rotatable bonds is 1. The Morgan fingerprint density at radius 1 is 1.28 bits per heavy atom. The van der Waals surface area contributed by atoms with Crippen molar-refractivity contribution in [2.24, 2.45) is 5.73 Å². The summed E-state index contributed by atoms with van der Waals surface area (Å²) in [5.74, 6) is 0. The van der Waals surface area contributed by atoms with Gasteiger partial charge in [-0.3, -0.25) is 4.98 Å². The van der Waals surface area contributed by atoms with Crippen LogP contribution in [-0.2, 0) is 6.18 Å². The summed E-state index contributed by atoms with van der Waals surface area (Å²) in [5.41, 5.74) is 6.55. The Kier molecular flexibility index (Phi) is 3.02. The molecule has 1 unspecified atom stereocenters. The lowest BCUT2D eigenvalue weighted by atomic mass is 9.98. The predicted octanol–water partition coefficient (Wildman–Crippen LogP) is 3.58. The molecule has 0 aliphatic rings. The molecule has 18 heavy (non-hydrogen) atoms. The molecule has 0 saturated heterocycles. The van der Waals surface area contributed by atoms with Gasteiger partial charge in [0.05, 0.1) is 11.1 Å². The van der Waals surface area contributed by atoms with Crippen molar-refractivity contribution in [3.8, 4) is 0 Å². The first kappa shape index (κ1) is 12.8. The average molecular weight is 254 g/mol. The van der Waals surface area contributed by atoms with Crippen molar-refractivity contribution in [3.05, 3.63) is 41.1 Å². The molecule has 0 fully saturated rings. The molecule has 0 bridgehead atoms. The summed E-state index contributed by atoms with van der Waals surface area (Å²) in [6.07, 6.45) is -4.40. The zero-order valence-corrected chi connectivity index (χ0v) is 10.0. The van der Waals surface area contributed by atoms with E-state index < -0.39 is 17.8 Å². The largest absolute Gasteiger partial charge is 0.417 e. The lowest BCUT2D eigenvalue weighted by Gasteiger charge is -2.16. The molecule has 0 radical (unpaired) electrons. The maximum absolute atomic E-state index is 13.0. The van der Waals surface area contributed by atoms with E-state index >= 15 is 0 Å². The standard InChI is InChI=1S/C13H13F3N2/c1-7-6-9(8(2)17)12-10(13(14,15)16)4-3-5-11(12)18-7/h3-6,8H,17H2,1-2H3. The van der Waals surface area contributed by atoms with Crippen molar-refractivity contribution < 1.29 is 13.2 Å². The van der Waals surface area contributed by atoms with Crippen molar-refractivity contribution >= 4 is 10.9 Å². The van der Waals surface area contributed by atoms with E-state index in [1.165, 1.54) is 6.07 Å². The molecular formula is C13H13F3N2. The fourth-order valence-corrected chi connectivity index (χ4v) is 2.05. The third-order valence-corrected chi connectivity index (χ3v) is 2.79. The molecule has 0 saturated carbocycles. The Balaban J connectivity index is 2.90. The highest BCUT2D eigenvalue weighted by Gasteiger charge is 2.33. The molecule has 1 atom stereocenters. The second-order valence-corrected chi connectivity index (χ2v) is 4.34. The van der Waals surface area contributed by atoms with E-state index in [9.17, 15) is 13.2 Å². The zero-order valence-electron chi connectivity index (χ0n) is 10.0. The number of alkyl halides is 3. The zero-order chi connectivity index (χ0) is 13.5. The summed E-state index contributed by atoms with van der Waals surface area (Å²) in [5, 5.41) is 0.102. The quantitative estimate of drug-likeness (QED) is 0.844. The highest BCUT2D eigenvalue weighted by Crippen LogP contribution is 2.37. The van der Waals surface area contributed by atoms with Crippen LogP contribution < -0.4 is 5.73 Å². The molecule has 2 N–H and O–H groups in total. The summed E-state index contributed by atoms with van der Waals surface area (Å²) < 4.78 is 39.0. The number of hydrogen-bond acceptors (Lipinski definition) is 2. The maximum Gasteiger partial charge on any atom is 0.417 e. The van der Waals surface area contributed by atoms with E-state index in [0.717, 1.165) is 6.07 Å². The molecule has 0 amide bonds. The summed E-state index contributed by atoms with van der Waals surface area (Å²) >= 11 is 0. The van der Waals surface area contributed by atoms with Crippen molar-refractivity contribution in [2.45, 2.75) is 26.1 Å². The first-order valence-electron chi connectivity index (χ1n) is 5.53. The normalized spacial score (nSPS) is 13.9. The van der Waals surface area contributed by atoms with E-state index in [2.05, 4.69) is 4.98 Å². The van der Waals surface area contributed by atoms with Crippen molar-refractivity contribution in [3.63, 3.8) is 0 Å². The van der Waals surface area contributed by atoms with E-state index in [1.807, 2.05) is 0 Å². The third kappa shape index (κ3) is 2.18. The van der Waals surface area contributed by atoms with Gasteiger partial charge in [-0.15, -0.1) is 0 Å². The molecular weight excluding hydrogens is 241 g/mol. The van der Waals surface area contributed by atoms with Crippen LogP contribution >= 0.6 is 0 Å². The number of nitrogens with zero attached hydrogens (tertiary/aromatic N) is 1. The Bertz CT molecular complexity index is 589. The minimum Gasteiger partial charge on any atom is -0.324 e. The van der Waals surface area contributed by atoms with Gasteiger partial charge >= 0.3 is 6.18 Å². The highest BCUT2D eigenvalue weighted by molar-refractivity contribution is 5.86. The van der Waals surface area contributed by atoms with Gasteiger partial charge < -0.3 is 5.73 Å². The minimum absolute atomic E-state index is 0.102. The summed E-state index contributed by atoms with van der Waals surface area (Å²) in [7, 11) is 0. The maximum atomic E-state index is 13.0. The highest BCUT2D eigenvalue weighted by atomic mass is 19.4. The number of aryl methyl sites for hydroxylation is 1. The fraction of sp³-hybridized carbons (Fsp3) is 0.308. The van der Waals surface area contributed by atoms with Crippen molar-refractivity contribution in [2.75, 3.05) is 0 Å². The predicted molar refractivity (Wildman–Crippen MR) is 64.1 cm³/mol. The number of fused-ring (bicyclic) bond motifs is 1. The van der Waals surface area contributed by atoms with Gasteiger partial charge in [-0.25, -0.2) is 0 Å². The average Bonchev–Trinajstić information content (AvgIpc) is 2.25. The first-order valence-corrected chi connectivity index (χ1v) is 5.53. The van der Waals surface area contributed by atoms with Crippen LogP contribution in [0.25, 0.3) is 10.9 Å². The van der Waals surface area contributed by atoms with Gasteiger partial charge in [0.15, 0.2) is 0 Å². The molecule has 0 aliphatic carbocycles. The molecule has 1 aromatic heterocycles.